The normalized spacial score (nSPS) is 11.6. The molecule has 0 aliphatic carbocycles. The van der Waals surface area contributed by atoms with Gasteiger partial charge in [-0.2, -0.15) is 0 Å². The molecule has 0 heterocycles. The molecule has 0 saturated carbocycles. The Kier molecular flexibility index (Phi) is 5.97. The van der Waals surface area contributed by atoms with E-state index in [0.717, 1.165) is 0 Å². The molecule has 112 valence electrons. The van der Waals surface area contributed by atoms with Gasteiger partial charge >= 0.3 is 0 Å². The maximum Gasteiger partial charge on any atom is 0.243 e. The van der Waals surface area contributed by atoms with Crippen molar-refractivity contribution >= 4 is 37.5 Å². The zero-order valence-electron chi connectivity index (χ0n) is 11.3. The highest BCUT2D eigenvalue weighted by atomic mass is 79.9. The molecule has 8 heteroatoms. The van der Waals surface area contributed by atoms with E-state index in [4.69, 9.17) is 5.73 Å². The van der Waals surface area contributed by atoms with Gasteiger partial charge < -0.3 is 11.1 Å². The Morgan fingerprint density at radius 3 is 2.60 bits per heavy atom. The van der Waals surface area contributed by atoms with Gasteiger partial charge in [-0.05, 0) is 24.1 Å². The van der Waals surface area contributed by atoms with Gasteiger partial charge in [-0.15, -0.1) is 0 Å². The van der Waals surface area contributed by atoms with Gasteiger partial charge in [0.15, 0.2) is 0 Å². The fourth-order valence-electron chi connectivity index (χ4n) is 1.38. The average molecular weight is 364 g/mol. The van der Waals surface area contributed by atoms with Crippen LogP contribution in [0, 0.1) is 5.92 Å². The van der Waals surface area contributed by atoms with E-state index in [1.165, 1.54) is 12.1 Å². The number of carbonyl (C=O) groups is 1. The third kappa shape index (κ3) is 5.10. The lowest BCUT2D eigenvalue weighted by Gasteiger charge is -2.10. The number of rotatable bonds is 6. The Balaban J connectivity index is 2.68. The Bertz CT molecular complexity index is 588. The number of halogens is 1. The monoisotopic (exact) mass is 363 g/mol. The molecule has 1 aromatic rings. The van der Waals surface area contributed by atoms with Crippen molar-refractivity contribution < 1.29 is 13.2 Å². The number of nitrogens with two attached hydrogens (primary N) is 1. The van der Waals surface area contributed by atoms with Crippen LogP contribution in [-0.2, 0) is 14.8 Å². The van der Waals surface area contributed by atoms with E-state index in [2.05, 4.69) is 26.0 Å². The molecule has 0 radical (unpaired) electrons. The van der Waals surface area contributed by atoms with E-state index >= 15 is 0 Å². The second-order valence-corrected chi connectivity index (χ2v) is 7.36. The first-order valence-corrected chi connectivity index (χ1v) is 8.31. The summed E-state index contributed by atoms with van der Waals surface area (Å²) in [4.78, 5) is 11.4. The van der Waals surface area contributed by atoms with Crippen LogP contribution in [0.3, 0.4) is 0 Å². The van der Waals surface area contributed by atoms with Crippen LogP contribution < -0.4 is 15.8 Å². The van der Waals surface area contributed by atoms with Crippen LogP contribution in [0.4, 0.5) is 5.69 Å². The first-order chi connectivity index (χ1) is 9.22. The number of nitrogen functional groups attached to an aromatic ring is 1. The third-order valence-electron chi connectivity index (χ3n) is 2.39. The summed E-state index contributed by atoms with van der Waals surface area (Å²) in [5, 5.41) is 2.63. The summed E-state index contributed by atoms with van der Waals surface area (Å²) in [7, 11) is -3.80. The van der Waals surface area contributed by atoms with Gasteiger partial charge in [0.1, 0.15) is 4.90 Å². The second-order valence-electron chi connectivity index (χ2n) is 4.70. The molecule has 0 aliphatic heterocycles. The second kappa shape index (κ2) is 7.05. The molecule has 0 spiro atoms. The Morgan fingerprint density at radius 1 is 1.40 bits per heavy atom. The van der Waals surface area contributed by atoms with E-state index in [1.807, 2.05) is 13.8 Å². The number of amides is 1. The summed E-state index contributed by atoms with van der Waals surface area (Å²) in [6.45, 7) is 4.09. The molecular weight excluding hydrogens is 346 g/mol. The minimum absolute atomic E-state index is 0.0441. The molecule has 6 nitrogen and oxygen atoms in total. The number of sulfonamides is 1. The zero-order chi connectivity index (χ0) is 15.3. The standard InChI is InChI=1S/C12H18BrN3O3S/c1-8(2)6-15-12(17)7-16-20(18,19)11-4-3-9(13)5-10(11)14/h3-5,8,16H,6-7,14H2,1-2H3,(H,15,17). The van der Waals surface area contributed by atoms with E-state index in [-0.39, 0.29) is 23.0 Å². The largest absolute Gasteiger partial charge is 0.398 e. The van der Waals surface area contributed by atoms with Crippen molar-refractivity contribution in [3.05, 3.63) is 22.7 Å². The predicted molar refractivity (Wildman–Crippen MR) is 81.6 cm³/mol. The van der Waals surface area contributed by atoms with Gasteiger partial charge in [-0.3, -0.25) is 4.79 Å². The van der Waals surface area contributed by atoms with Crippen LogP contribution in [0.5, 0.6) is 0 Å². The minimum atomic E-state index is -3.80. The van der Waals surface area contributed by atoms with Gasteiger partial charge in [0.25, 0.3) is 0 Å². The van der Waals surface area contributed by atoms with Crippen molar-refractivity contribution in [1.82, 2.24) is 10.0 Å². The number of carbonyl (C=O) groups excluding carboxylic acids is 1. The topological polar surface area (TPSA) is 101 Å². The average Bonchev–Trinajstić information content (AvgIpc) is 2.33. The van der Waals surface area contributed by atoms with Gasteiger partial charge in [-0.25, -0.2) is 13.1 Å². The Hall–Kier alpha value is -1.12. The first-order valence-electron chi connectivity index (χ1n) is 6.04. The van der Waals surface area contributed by atoms with E-state index in [0.29, 0.717) is 16.9 Å². The molecule has 20 heavy (non-hydrogen) atoms. The summed E-state index contributed by atoms with van der Waals surface area (Å²) < 4.78 is 26.9. The third-order valence-corrected chi connectivity index (χ3v) is 4.36. The summed E-state index contributed by atoms with van der Waals surface area (Å²) in [5.41, 5.74) is 5.78. The van der Waals surface area contributed by atoms with Crippen molar-refractivity contribution in [2.75, 3.05) is 18.8 Å². The fraction of sp³-hybridized carbons (Fsp3) is 0.417. The smallest absolute Gasteiger partial charge is 0.243 e. The van der Waals surface area contributed by atoms with Crippen molar-refractivity contribution in [3.63, 3.8) is 0 Å². The summed E-state index contributed by atoms with van der Waals surface area (Å²) in [6, 6.07) is 4.45. The molecule has 0 fully saturated rings. The molecule has 1 aromatic carbocycles. The lowest BCUT2D eigenvalue weighted by atomic mass is 10.2. The van der Waals surface area contributed by atoms with Crippen molar-refractivity contribution in [3.8, 4) is 0 Å². The quantitative estimate of drug-likeness (QED) is 0.658. The molecule has 0 bridgehead atoms. The maximum atomic E-state index is 12.0. The highest BCUT2D eigenvalue weighted by molar-refractivity contribution is 9.10. The van der Waals surface area contributed by atoms with Gasteiger partial charge in [0, 0.05) is 11.0 Å². The lowest BCUT2D eigenvalue weighted by Crippen LogP contribution is -2.38. The highest BCUT2D eigenvalue weighted by Crippen LogP contribution is 2.22. The number of anilines is 1. The van der Waals surface area contributed by atoms with E-state index < -0.39 is 10.0 Å². The van der Waals surface area contributed by atoms with Crippen LogP contribution in [0.2, 0.25) is 0 Å². The SMILES string of the molecule is CC(C)CNC(=O)CNS(=O)(=O)c1ccc(Br)cc1N. The molecule has 1 amide bonds. The molecule has 0 atom stereocenters. The Morgan fingerprint density at radius 2 is 2.05 bits per heavy atom. The van der Waals surface area contributed by atoms with Crippen LogP contribution in [0.25, 0.3) is 0 Å². The van der Waals surface area contributed by atoms with Crippen molar-refractivity contribution in [1.29, 1.82) is 0 Å². The number of hydrogen-bond acceptors (Lipinski definition) is 4. The summed E-state index contributed by atoms with van der Waals surface area (Å²) in [6.07, 6.45) is 0. The van der Waals surface area contributed by atoms with Gasteiger partial charge in [0.05, 0.1) is 12.2 Å². The Labute approximate surface area is 127 Å². The number of nitrogens with one attached hydrogen (secondary N) is 2. The van der Waals surface area contributed by atoms with Crippen LogP contribution in [0.15, 0.2) is 27.6 Å². The molecule has 0 saturated heterocycles. The molecular formula is C12H18BrN3O3S. The molecule has 0 aromatic heterocycles. The maximum absolute atomic E-state index is 12.0. The minimum Gasteiger partial charge on any atom is -0.398 e. The van der Waals surface area contributed by atoms with Crippen LogP contribution >= 0.6 is 15.9 Å². The summed E-state index contributed by atoms with van der Waals surface area (Å²) in [5.74, 6) is -0.0735. The number of benzene rings is 1. The van der Waals surface area contributed by atoms with Crippen molar-refractivity contribution in [2.24, 2.45) is 5.92 Å². The summed E-state index contributed by atoms with van der Waals surface area (Å²) >= 11 is 3.20. The van der Waals surface area contributed by atoms with E-state index in [1.54, 1.807) is 6.07 Å². The lowest BCUT2D eigenvalue weighted by molar-refractivity contribution is -0.120. The number of hydrogen-bond donors (Lipinski definition) is 3. The fourth-order valence-corrected chi connectivity index (χ4v) is 2.85. The highest BCUT2D eigenvalue weighted by Gasteiger charge is 2.18. The molecule has 0 aliphatic rings. The van der Waals surface area contributed by atoms with Gasteiger partial charge in [0.2, 0.25) is 15.9 Å². The van der Waals surface area contributed by atoms with Crippen molar-refractivity contribution in [2.45, 2.75) is 18.7 Å². The predicted octanol–water partition coefficient (Wildman–Crippen LogP) is 1.08. The van der Waals surface area contributed by atoms with E-state index in [9.17, 15) is 13.2 Å². The van der Waals surface area contributed by atoms with Crippen LogP contribution in [0.1, 0.15) is 13.8 Å². The first kappa shape index (κ1) is 16.9. The van der Waals surface area contributed by atoms with Gasteiger partial charge in [-0.1, -0.05) is 29.8 Å². The molecule has 1 rings (SSSR count). The zero-order valence-corrected chi connectivity index (χ0v) is 13.7. The molecule has 0 unspecified atom stereocenters. The molecule has 4 N–H and O–H groups in total. The van der Waals surface area contributed by atoms with Crippen LogP contribution in [-0.4, -0.2) is 27.4 Å².